The number of hydrogen-bond donors (Lipinski definition) is 0. The van der Waals surface area contributed by atoms with Crippen molar-refractivity contribution in [3.05, 3.63) is 181 Å². The molecule has 10 aromatic carbocycles. The summed E-state index contributed by atoms with van der Waals surface area (Å²) in [6.45, 7) is 4.78. The molecule has 0 radical (unpaired) electrons. The first-order chi connectivity index (χ1) is 25.0. The summed E-state index contributed by atoms with van der Waals surface area (Å²) in [6.07, 6.45) is 0. The van der Waals surface area contributed by atoms with Gasteiger partial charge in [0.15, 0.2) is 0 Å². The van der Waals surface area contributed by atoms with E-state index in [9.17, 15) is 0 Å². The third kappa shape index (κ3) is 4.14. The minimum atomic E-state index is -0.116. The lowest BCUT2D eigenvalue weighted by molar-refractivity contribution is 0.661. The van der Waals surface area contributed by atoms with Gasteiger partial charge in [-0.3, -0.25) is 0 Å². The van der Waals surface area contributed by atoms with Crippen LogP contribution < -0.4 is 0 Å². The topological polar surface area (TPSA) is 0 Å². The van der Waals surface area contributed by atoms with E-state index in [1.54, 1.807) is 0 Å². The number of fused-ring (bicyclic) bond motifs is 13. The van der Waals surface area contributed by atoms with Gasteiger partial charge in [0.1, 0.15) is 0 Å². The summed E-state index contributed by atoms with van der Waals surface area (Å²) in [7, 11) is 0. The summed E-state index contributed by atoms with van der Waals surface area (Å²) in [4.78, 5) is 0. The summed E-state index contributed by atoms with van der Waals surface area (Å²) in [5.74, 6) is 0. The van der Waals surface area contributed by atoms with Gasteiger partial charge in [-0.25, -0.2) is 0 Å². The Morgan fingerprint density at radius 3 is 1.12 bits per heavy atom. The Bertz CT molecular complexity index is 2890. The van der Waals surface area contributed by atoms with E-state index < -0.39 is 0 Å². The molecular formula is C51H34. The third-order valence-corrected chi connectivity index (χ3v) is 11.8. The summed E-state index contributed by atoms with van der Waals surface area (Å²) in [5.41, 5.74) is 10.4. The molecule has 0 saturated carbocycles. The highest BCUT2D eigenvalue weighted by molar-refractivity contribution is 6.21. The van der Waals surface area contributed by atoms with Crippen molar-refractivity contribution >= 4 is 64.6 Å². The second kappa shape index (κ2) is 10.4. The Morgan fingerprint density at radius 1 is 0.294 bits per heavy atom. The second-order valence-corrected chi connectivity index (χ2v) is 14.9. The first kappa shape index (κ1) is 28.6. The van der Waals surface area contributed by atoms with Crippen LogP contribution in [-0.2, 0) is 5.41 Å². The van der Waals surface area contributed by atoms with E-state index in [0.717, 1.165) is 0 Å². The van der Waals surface area contributed by atoms with E-state index in [1.165, 1.54) is 109 Å². The zero-order valence-electron chi connectivity index (χ0n) is 28.7. The average Bonchev–Trinajstić information content (AvgIpc) is 3.41. The molecule has 0 bridgehead atoms. The molecule has 0 N–H and O–H groups in total. The van der Waals surface area contributed by atoms with Crippen molar-refractivity contribution in [2.24, 2.45) is 0 Å². The van der Waals surface area contributed by atoms with Crippen molar-refractivity contribution in [3.8, 4) is 33.4 Å². The normalized spacial score (nSPS) is 13.5. The number of hydrogen-bond acceptors (Lipinski definition) is 0. The van der Waals surface area contributed by atoms with E-state index in [1.807, 2.05) is 0 Å². The fourth-order valence-electron chi connectivity index (χ4n) is 9.13. The fourth-order valence-corrected chi connectivity index (χ4v) is 9.13. The van der Waals surface area contributed by atoms with Crippen LogP contribution in [0.15, 0.2) is 170 Å². The predicted octanol–water partition coefficient (Wildman–Crippen LogP) is 14.2. The molecule has 0 unspecified atom stereocenters. The molecule has 1 aliphatic rings. The summed E-state index contributed by atoms with van der Waals surface area (Å²) < 4.78 is 0. The SMILES string of the molecule is CC1(C)c2cc(-c3ccc4c(ccc5ccc6ccccc6c54)c3)ccc2-c2ccc(-c3ccc4c(ccc5ccc6ccccc6c54)c3)cc21. The molecule has 51 heavy (non-hydrogen) atoms. The molecule has 0 atom stereocenters. The Labute approximate surface area is 297 Å². The molecule has 0 aliphatic heterocycles. The highest BCUT2D eigenvalue weighted by Gasteiger charge is 2.36. The van der Waals surface area contributed by atoms with Crippen LogP contribution in [0.3, 0.4) is 0 Å². The zero-order valence-corrected chi connectivity index (χ0v) is 28.7. The second-order valence-electron chi connectivity index (χ2n) is 14.9. The smallest absolute Gasteiger partial charge is 0.0159 e. The highest BCUT2D eigenvalue weighted by Crippen LogP contribution is 2.51. The Kier molecular flexibility index (Phi) is 5.82. The van der Waals surface area contributed by atoms with Gasteiger partial charge in [0.2, 0.25) is 0 Å². The van der Waals surface area contributed by atoms with Crippen LogP contribution in [0.1, 0.15) is 25.0 Å². The maximum Gasteiger partial charge on any atom is 0.0159 e. The maximum atomic E-state index is 2.44. The molecule has 1 aliphatic carbocycles. The standard InChI is InChI=1S/C51H34/c1-51(2)47-29-37(35-19-23-43-39(27-35)17-15-33-13-11-31-7-3-5-9-41(31)49(33)43)21-25-45(47)46-26-22-38(30-48(46)51)36-20-24-44-40(28-36)18-16-34-14-12-32-8-4-6-10-42(32)50(34)44/h3-30H,1-2H3. The molecule has 0 heteroatoms. The van der Waals surface area contributed by atoms with Crippen LogP contribution >= 0.6 is 0 Å². The summed E-state index contributed by atoms with van der Waals surface area (Å²) in [5, 5.41) is 15.6. The average molecular weight is 647 g/mol. The van der Waals surface area contributed by atoms with Crippen molar-refractivity contribution in [1.29, 1.82) is 0 Å². The highest BCUT2D eigenvalue weighted by atomic mass is 14.4. The van der Waals surface area contributed by atoms with Gasteiger partial charge in [-0.05, 0) is 133 Å². The van der Waals surface area contributed by atoms with Crippen LogP contribution in [0.5, 0.6) is 0 Å². The molecule has 0 fully saturated rings. The van der Waals surface area contributed by atoms with Crippen molar-refractivity contribution in [2.45, 2.75) is 19.3 Å². The zero-order chi connectivity index (χ0) is 33.8. The maximum absolute atomic E-state index is 2.44. The van der Waals surface area contributed by atoms with Gasteiger partial charge in [-0.1, -0.05) is 159 Å². The number of benzene rings is 10. The minimum Gasteiger partial charge on any atom is -0.0616 e. The first-order valence-electron chi connectivity index (χ1n) is 18.0. The van der Waals surface area contributed by atoms with Crippen molar-refractivity contribution in [1.82, 2.24) is 0 Å². The van der Waals surface area contributed by atoms with E-state index in [-0.39, 0.29) is 5.41 Å². The van der Waals surface area contributed by atoms with E-state index in [0.29, 0.717) is 0 Å². The molecule has 0 aromatic heterocycles. The summed E-state index contributed by atoms with van der Waals surface area (Å²) >= 11 is 0. The molecular weight excluding hydrogens is 613 g/mol. The van der Waals surface area contributed by atoms with E-state index >= 15 is 0 Å². The van der Waals surface area contributed by atoms with Gasteiger partial charge in [0.05, 0.1) is 0 Å². The molecule has 0 amide bonds. The molecule has 0 saturated heterocycles. The summed E-state index contributed by atoms with van der Waals surface area (Å²) in [6, 6.07) is 63.7. The molecule has 0 heterocycles. The minimum absolute atomic E-state index is 0.116. The Hall–Kier alpha value is -6.24. The lowest BCUT2D eigenvalue weighted by Gasteiger charge is -2.23. The monoisotopic (exact) mass is 646 g/mol. The molecule has 0 nitrogen and oxygen atoms in total. The number of rotatable bonds is 2. The fraction of sp³-hybridized carbons (Fsp3) is 0.0588. The van der Waals surface area contributed by atoms with E-state index in [2.05, 4.69) is 184 Å². The van der Waals surface area contributed by atoms with E-state index in [4.69, 9.17) is 0 Å². The lowest BCUT2D eigenvalue weighted by atomic mass is 9.80. The van der Waals surface area contributed by atoms with Gasteiger partial charge in [-0.2, -0.15) is 0 Å². The van der Waals surface area contributed by atoms with Gasteiger partial charge >= 0.3 is 0 Å². The molecule has 11 rings (SSSR count). The van der Waals surface area contributed by atoms with Crippen LogP contribution in [0, 0.1) is 0 Å². The predicted molar refractivity (Wildman–Crippen MR) is 220 cm³/mol. The lowest BCUT2D eigenvalue weighted by Crippen LogP contribution is -2.15. The Morgan fingerprint density at radius 2 is 0.647 bits per heavy atom. The quantitative estimate of drug-likeness (QED) is 0.164. The van der Waals surface area contributed by atoms with Crippen molar-refractivity contribution in [3.63, 3.8) is 0 Å². The van der Waals surface area contributed by atoms with Gasteiger partial charge in [-0.15, -0.1) is 0 Å². The Balaban J connectivity index is 0.984. The van der Waals surface area contributed by atoms with Crippen LogP contribution in [0.2, 0.25) is 0 Å². The largest absolute Gasteiger partial charge is 0.0616 e. The van der Waals surface area contributed by atoms with Crippen LogP contribution in [-0.4, -0.2) is 0 Å². The first-order valence-corrected chi connectivity index (χ1v) is 18.0. The molecule has 0 spiro atoms. The molecule has 10 aromatic rings. The van der Waals surface area contributed by atoms with Crippen LogP contribution in [0.4, 0.5) is 0 Å². The van der Waals surface area contributed by atoms with Gasteiger partial charge in [0.25, 0.3) is 0 Å². The van der Waals surface area contributed by atoms with Crippen LogP contribution in [0.25, 0.3) is 98.0 Å². The van der Waals surface area contributed by atoms with Crippen molar-refractivity contribution in [2.75, 3.05) is 0 Å². The third-order valence-electron chi connectivity index (χ3n) is 11.8. The van der Waals surface area contributed by atoms with Gasteiger partial charge < -0.3 is 0 Å². The molecule has 238 valence electrons. The van der Waals surface area contributed by atoms with Gasteiger partial charge in [0, 0.05) is 5.41 Å². The van der Waals surface area contributed by atoms with Crippen molar-refractivity contribution < 1.29 is 0 Å².